The van der Waals surface area contributed by atoms with Gasteiger partial charge in [-0.05, 0) is 43.0 Å². The highest BCUT2D eigenvalue weighted by Crippen LogP contribution is 2.29. The summed E-state index contributed by atoms with van der Waals surface area (Å²) in [4.78, 5) is 14.6. The normalized spacial score (nSPS) is 23.4. The molecule has 25 heavy (non-hydrogen) atoms. The van der Waals surface area contributed by atoms with Gasteiger partial charge in [0.15, 0.2) is 9.84 Å². The average Bonchev–Trinajstić information content (AvgIpc) is 3.19. The zero-order valence-electron chi connectivity index (χ0n) is 13.8. The van der Waals surface area contributed by atoms with Gasteiger partial charge in [-0.3, -0.25) is 4.79 Å². The second-order valence-electron chi connectivity index (χ2n) is 6.75. The summed E-state index contributed by atoms with van der Waals surface area (Å²) in [6.07, 6.45) is 7.82. The molecule has 0 spiro atoms. The molecule has 2 fully saturated rings. The average molecular weight is 402 g/mol. The van der Waals surface area contributed by atoms with E-state index in [-0.39, 0.29) is 29.5 Å². The van der Waals surface area contributed by atoms with E-state index in [9.17, 15) is 13.2 Å². The molecule has 2 aliphatic rings. The molecule has 1 unspecified atom stereocenters. The summed E-state index contributed by atoms with van der Waals surface area (Å²) in [5.41, 5.74) is 0.785. The van der Waals surface area contributed by atoms with Crippen molar-refractivity contribution >= 4 is 45.0 Å². The fourth-order valence-corrected chi connectivity index (χ4v) is 5.72. The van der Waals surface area contributed by atoms with Crippen LogP contribution >= 0.6 is 23.2 Å². The number of benzene rings is 1. The third kappa shape index (κ3) is 4.57. The molecule has 1 aliphatic carbocycles. The lowest BCUT2D eigenvalue weighted by Gasteiger charge is -2.33. The van der Waals surface area contributed by atoms with Crippen LogP contribution in [0.4, 0.5) is 0 Å². The maximum Gasteiger partial charge on any atom is 0.247 e. The Morgan fingerprint density at radius 3 is 2.40 bits per heavy atom. The Morgan fingerprint density at radius 2 is 1.80 bits per heavy atom. The molecule has 1 saturated carbocycles. The summed E-state index contributed by atoms with van der Waals surface area (Å²) in [7, 11) is -3.03. The minimum Gasteiger partial charge on any atom is -0.332 e. The minimum absolute atomic E-state index is 0.0792. The van der Waals surface area contributed by atoms with Gasteiger partial charge in [-0.15, -0.1) is 0 Å². The first-order valence-corrected chi connectivity index (χ1v) is 11.1. The van der Waals surface area contributed by atoms with Crippen molar-refractivity contribution in [3.63, 3.8) is 0 Å². The lowest BCUT2D eigenvalue weighted by molar-refractivity contribution is -0.130. The van der Waals surface area contributed by atoms with Gasteiger partial charge in [0.05, 0.1) is 21.6 Å². The van der Waals surface area contributed by atoms with Crippen LogP contribution in [0.3, 0.4) is 0 Å². The van der Waals surface area contributed by atoms with Gasteiger partial charge < -0.3 is 4.90 Å². The van der Waals surface area contributed by atoms with E-state index in [1.165, 1.54) is 6.08 Å². The third-order valence-corrected chi connectivity index (χ3v) is 7.43. The van der Waals surface area contributed by atoms with Gasteiger partial charge in [0.25, 0.3) is 0 Å². The van der Waals surface area contributed by atoms with Gasteiger partial charge in [-0.25, -0.2) is 8.42 Å². The van der Waals surface area contributed by atoms with Gasteiger partial charge in [0.1, 0.15) is 0 Å². The number of carbonyl (C=O) groups is 1. The number of carbonyl (C=O) groups excluding carboxylic acids is 1. The zero-order valence-corrected chi connectivity index (χ0v) is 16.2. The molecular formula is C18H21Cl2NO3S. The largest absolute Gasteiger partial charge is 0.332 e. The highest BCUT2D eigenvalue weighted by atomic mass is 35.5. The highest BCUT2D eigenvalue weighted by molar-refractivity contribution is 7.91. The number of halogens is 2. The van der Waals surface area contributed by atoms with E-state index in [2.05, 4.69) is 0 Å². The summed E-state index contributed by atoms with van der Waals surface area (Å²) in [5, 5.41) is 0.902. The quantitative estimate of drug-likeness (QED) is 0.717. The summed E-state index contributed by atoms with van der Waals surface area (Å²) < 4.78 is 23.7. The molecule has 1 aromatic carbocycles. The van der Waals surface area contributed by atoms with Gasteiger partial charge in [0, 0.05) is 18.2 Å². The SMILES string of the molecule is O=C(/C=C/c1ccc(Cl)c(Cl)c1)N(C1CCCC1)C1CCS(=O)(=O)C1. The standard InChI is InChI=1S/C18H21Cl2NO3S/c19-16-7-5-13(11-17(16)20)6-8-18(22)21(14-3-1-2-4-14)15-9-10-25(23,24)12-15/h5-8,11,14-15H,1-4,9-10,12H2/b8-6+. The molecule has 7 heteroatoms. The monoisotopic (exact) mass is 401 g/mol. The van der Waals surface area contributed by atoms with Crippen molar-refractivity contribution in [3.05, 3.63) is 39.9 Å². The second kappa shape index (κ2) is 7.68. The molecule has 3 rings (SSSR count). The molecule has 1 atom stereocenters. The first kappa shape index (κ1) is 18.7. The van der Waals surface area contributed by atoms with Crippen molar-refractivity contribution in [1.29, 1.82) is 0 Å². The van der Waals surface area contributed by atoms with E-state index in [0.717, 1.165) is 31.2 Å². The lowest BCUT2D eigenvalue weighted by Crippen LogP contribution is -2.46. The smallest absolute Gasteiger partial charge is 0.247 e. The Bertz CT molecular complexity index is 786. The third-order valence-electron chi connectivity index (χ3n) is 4.94. The maximum absolute atomic E-state index is 12.8. The van der Waals surface area contributed by atoms with Crippen LogP contribution in [0.1, 0.15) is 37.7 Å². The van der Waals surface area contributed by atoms with Gasteiger partial charge >= 0.3 is 0 Å². The van der Waals surface area contributed by atoms with Crippen molar-refractivity contribution in [3.8, 4) is 0 Å². The van der Waals surface area contributed by atoms with Crippen LogP contribution in [-0.2, 0) is 14.6 Å². The Morgan fingerprint density at radius 1 is 1.08 bits per heavy atom. The van der Waals surface area contributed by atoms with Crippen LogP contribution in [0.2, 0.25) is 10.0 Å². The Balaban J connectivity index is 1.79. The second-order valence-corrected chi connectivity index (χ2v) is 9.79. The fourth-order valence-electron chi connectivity index (χ4n) is 3.70. The predicted molar refractivity (Wildman–Crippen MR) is 102 cm³/mol. The van der Waals surface area contributed by atoms with E-state index in [0.29, 0.717) is 16.5 Å². The molecule has 1 saturated heterocycles. The first-order chi connectivity index (χ1) is 11.9. The molecular weight excluding hydrogens is 381 g/mol. The van der Waals surface area contributed by atoms with Crippen LogP contribution in [0.25, 0.3) is 6.08 Å². The van der Waals surface area contributed by atoms with Crippen molar-refractivity contribution in [2.45, 2.75) is 44.2 Å². The van der Waals surface area contributed by atoms with Crippen LogP contribution < -0.4 is 0 Å². The summed E-state index contributed by atoms with van der Waals surface area (Å²) in [5.74, 6) is 0.126. The van der Waals surface area contributed by atoms with Gasteiger partial charge in [0.2, 0.25) is 5.91 Å². The number of sulfone groups is 1. The van der Waals surface area contributed by atoms with Gasteiger partial charge in [-0.2, -0.15) is 0 Å². The van der Waals surface area contributed by atoms with E-state index < -0.39 is 9.84 Å². The molecule has 0 N–H and O–H groups in total. The van der Waals surface area contributed by atoms with E-state index in [1.54, 1.807) is 24.3 Å². The lowest BCUT2D eigenvalue weighted by atomic mass is 10.1. The van der Waals surface area contributed by atoms with Crippen LogP contribution in [0.15, 0.2) is 24.3 Å². The molecule has 136 valence electrons. The van der Waals surface area contributed by atoms with Crippen molar-refractivity contribution in [1.82, 2.24) is 4.90 Å². The summed E-state index contributed by atoms with van der Waals surface area (Å²) in [6, 6.07) is 5.11. The van der Waals surface area contributed by atoms with Crippen LogP contribution in [0, 0.1) is 0 Å². The Labute approximate surface area is 158 Å². The number of hydrogen-bond acceptors (Lipinski definition) is 3. The first-order valence-electron chi connectivity index (χ1n) is 8.51. The Hall–Kier alpha value is -1.04. The number of hydrogen-bond donors (Lipinski definition) is 0. The van der Waals surface area contributed by atoms with Gasteiger partial charge in [-0.1, -0.05) is 42.1 Å². The predicted octanol–water partition coefficient (Wildman–Crippen LogP) is 3.96. The number of rotatable bonds is 4. The van der Waals surface area contributed by atoms with E-state index >= 15 is 0 Å². The number of nitrogens with zero attached hydrogens (tertiary/aromatic N) is 1. The Kier molecular flexibility index (Phi) is 5.76. The minimum atomic E-state index is -3.03. The molecule has 1 aliphatic heterocycles. The molecule has 0 aromatic heterocycles. The molecule has 1 amide bonds. The van der Waals surface area contributed by atoms with Crippen molar-refractivity contribution in [2.75, 3.05) is 11.5 Å². The maximum atomic E-state index is 12.8. The molecule has 4 nitrogen and oxygen atoms in total. The zero-order chi connectivity index (χ0) is 18.0. The van der Waals surface area contributed by atoms with Crippen LogP contribution in [0.5, 0.6) is 0 Å². The van der Waals surface area contributed by atoms with E-state index in [1.807, 2.05) is 4.90 Å². The topological polar surface area (TPSA) is 54.5 Å². The molecule has 1 aromatic rings. The van der Waals surface area contributed by atoms with Crippen molar-refractivity contribution in [2.24, 2.45) is 0 Å². The number of amides is 1. The van der Waals surface area contributed by atoms with Crippen LogP contribution in [-0.4, -0.2) is 42.8 Å². The molecule has 0 radical (unpaired) electrons. The van der Waals surface area contributed by atoms with E-state index in [4.69, 9.17) is 23.2 Å². The molecule has 0 bridgehead atoms. The highest BCUT2D eigenvalue weighted by Gasteiger charge is 2.38. The van der Waals surface area contributed by atoms with Crippen molar-refractivity contribution < 1.29 is 13.2 Å². The summed E-state index contributed by atoms with van der Waals surface area (Å²) in [6.45, 7) is 0. The summed E-state index contributed by atoms with van der Waals surface area (Å²) >= 11 is 11.9. The molecule has 1 heterocycles. The fraction of sp³-hybridized carbons (Fsp3) is 0.500.